The van der Waals surface area contributed by atoms with E-state index in [2.05, 4.69) is 4.90 Å². The number of rotatable bonds is 3. The number of aliphatic hydroxyl groups excluding tert-OH is 1. The fourth-order valence-corrected chi connectivity index (χ4v) is 2.84. The van der Waals surface area contributed by atoms with E-state index in [0.717, 1.165) is 37.9 Å². The Morgan fingerprint density at radius 2 is 1.85 bits per heavy atom. The number of piperidine rings is 1. The molecule has 1 saturated carbocycles. The van der Waals surface area contributed by atoms with E-state index in [1.165, 1.54) is 12.8 Å². The third-order valence-electron chi connectivity index (χ3n) is 3.61. The zero-order chi connectivity index (χ0) is 9.26. The van der Waals surface area contributed by atoms with E-state index in [4.69, 9.17) is 10.8 Å². The van der Waals surface area contributed by atoms with Crippen molar-refractivity contribution >= 4 is 0 Å². The van der Waals surface area contributed by atoms with Crippen molar-refractivity contribution in [1.82, 2.24) is 4.90 Å². The highest BCUT2D eigenvalue weighted by Crippen LogP contribution is 2.35. The standard InChI is InChI=1S/C10H20N2O/c11-10-8-2-3-9(10)7-12(6-8)4-1-5-13/h8-10,13H,1-7,11H2. The zero-order valence-corrected chi connectivity index (χ0v) is 8.15. The smallest absolute Gasteiger partial charge is 0.0443 e. The van der Waals surface area contributed by atoms with Crippen LogP contribution < -0.4 is 5.73 Å². The Morgan fingerprint density at radius 3 is 2.38 bits per heavy atom. The number of nitrogens with two attached hydrogens (primary N) is 1. The van der Waals surface area contributed by atoms with Gasteiger partial charge < -0.3 is 15.7 Å². The second-order valence-electron chi connectivity index (χ2n) is 4.51. The van der Waals surface area contributed by atoms with Crippen LogP contribution in [0, 0.1) is 11.8 Å². The van der Waals surface area contributed by atoms with Crippen LogP contribution in [0.3, 0.4) is 0 Å². The average molecular weight is 184 g/mol. The third kappa shape index (κ3) is 1.87. The van der Waals surface area contributed by atoms with Gasteiger partial charge in [0.1, 0.15) is 0 Å². The molecule has 3 N–H and O–H groups in total. The van der Waals surface area contributed by atoms with Crippen LogP contribution in [-0.2, 0) is 0 Å². The number of fused-ring (bicyclic) bond motifs is 2. The van der Waals surface area contributed by atoms with E-state index in [1.807, 2.05) is 0 Å². The minimum Gasteiger partial charge on any atom is -0.396 e. The summed E-state index contributed by atoms with van der Waals surface area (Å²) in [7, 11) is 0. The molecular weight excluding hydrogens is 164 g/mol. The Hall–Kier alpha value is -0.120. The van der Waals surface area contributed by atoms with E-state index in [1.54, 1.807) is 0 Å². The quantitative estimate of drug-likeness (QED) is 0.651. The molecule has 0 aromatic carbocycles. The predicted octanol–water partition coefficient (Wildman–Crippen LogP) is 0.0379. The first kappa shape index (κ1) is 9.44. The summed E-state index contributed by atoms with van der Waals surface area (Å²) in [5.74, 6) is 1.47. The maximum Gasteiger partial charge on any atom is 0.0443 e. The van der Waals surface area contributed by atoms with E-state index >= 15 is 0 Å². The molecule has 0 aromatic rings. The van der Waals surface area contributed by atoms with Gasteiger partial charge in [-0.1, -0.05) is 0 Å². The Labute approximate surface area is 79.9 Å². The number of nitrogens with zero attached hydrogens (tertiary/aromatic N) is 1. The SMILES string of the molecule is NC1C2CCC1CN(CCCO)C2. The second kappa shape index (κ2) is 3.95. The monoisotopic (exact) mass is 184 g/mol. The molecule has 1 heterocycles. The summed E-state index contributed by atoms with van der Waals surface area (Å²) in [6.07, 6.45) is 3.55. The third-order valence-corrected chi connectivity index (χ3v) is 3.61. The molecule has 1 aliphatic carbocycles. The lowest BCUT2D eigenvalue weighted by molar-refractivity contribution is 0.136. The second-order valence-corrected chi connectivity index (χ2v) is 4.51. The molecule has 0 aromatic heterocycles. The van der Waals surface area contributed by atoms with Gasteiger partial charge in [-0.05, 0) is 31.1 Å². The number of hydrogen-bond acceptors (Lipinski definition) is 3. The van der Waals surface area contributed by atoms with Crippen molar-refractivity contribution in [3.8, 4) is 0 Å². The number of hydrogen-bond donors (Lipinski definition) is 2. The van der Waals surface area contributed by atoms with Crippen LogP contribution in [0.15, 0.2) is 0 Å². The van der Waals surface area contributed by atoms with Crippen molar-refractivity contribution in [2.24, 2.45) is 17.6 Å². The first-order valence-corrected chi connectivity index (χ1v) is 5.40. The topological polar surface area (TPSA) is 49.5 Å². The zero-order valence-electron chi connectivity index (χ0n) is 8.15. The molecule has 2 rings (SSSR count). The van der Waals surface area contributed by atoms with Crippen molar-refractivity contribution < 1.29 is 5.11 Å². The van der Waals surface area contributed by atoms with Crippen LogP contribution >= 0.6 is 0 Å². The summed E-state index contributed by atoms with van der Waals surface area (Å²) in [5.41, 5.74) is 6.10. The van der Waals surface area contributed by atoms with Gasteiger partial charge >= 0.3 is 0 Å². The van der Waals surface area contributed by atoms with Gasteiger partial charge in [0.15, 0.2) is 0 Å². The molecule has 1 saturated heterocycles. The summed E-state index contributed by atoms with van der Waals surface area (Å²) in [5, 5.41) is 8.74. The maximum absolute atomic E-state index is 8.74. The summed E-state index contributed by atoms with van der Waals surface area (Å²) in [4.78, 5) is 2.47. The van der Waals surface area contributed by atoms with Gasteiger partial charge in [-0.25, -0.2) is 0 Å². The summed E-state index contributed by atoms with van der Waals surface area (Å²) < 4.78 is 0. The van der Waals surface area contributed by atoms with Crippen LogP contribution in [0.25, 0.3) is 0 Å². The largest absolute Gasteiger partial charge is 0.396 e. The van der Waals surface area contributed by atoms with Gasteiger partial charge in [-0.15, -0.1) is 0 Å². The van der Waals surface area contributed by atoms with Gasteiger partial charge in [-0.2, -0.15) is 0 Å². The summed E-state index contributed by atoms with van der Waals surface area (Å²) in [6.45, 7) is 3.70. The van der Waals surface area contributed by atoms with Crippen LogP contribution in [-0.4, -0.2) is 42.3 Å². The molecule has 13 heavy (non-hydrogen) atoms. The molecule has 3 heteroatoms. The van der Waals surface area contributed by atoms with Crippen molar-refractivity contribution in [3.05, 3.63) is 0 Å². The lowest BCUT2D eigenvalue weighted by Crippen LogP contribution is -2.48. The maximum atomic E-state index is 8.74. The minimum atomic E-state index is 0.317. The molecule has 2 bridgehead atoms. The van der Waals surface area contributed by atoms with E-state index in [-0.39, 0.29) is 0 Å². The molecule has 2 aliphatic rings. The summed E-state index contributed by atoms with van der Waals surface area (Å²) >= 11 is 0. The van der Waals surface area contributed by atoms with Gasteiger partial charge in [-0.3, -0.25) is 0 Å². The Bertz CT molecular complexity index is 160. The van der Waals surface area contributed by atoms with Gasteiger partial charge in [0.05, 0.1) is 0 Å². The van der Waals surface area contributed by atoms with Crippen LogP contribution in [0.4, 0.5) is 0 Å². The minimum absolute atomic E-state index is 0.317. The molecule has 0 spiro atoms. The average Bonchev–Trinajstić information content (AvgIpc) is 2.41. The molecule has 3 nitrogen and oxygen atoms in total. The van der Waals surface area contributed by atoms with Gasteiger partial charge in [0.2, 0.25) is 0 Å². The lowest BCUT2D eigenvalue weighted by Gasteiger charge is -2.36. The first-order valence-electron chi connectivity index (χ1n) is 5.40. The highest BCUT2D eigenvalue weighted by atomic mass is 16.3. The molecule has 0 radical (unpaired) electrons. The van der Waals surface area contributed by atoms with Gasteiger partial charge in [0.25, 0.3) is 0 Å². The highest BCUT2D eigenvalue weighted by Gasteiger charge is 2.39. The molecule has 2 fully saturated rings. The van der Waals surface area contributed by atoms with Crippen molar-refractivity contribution in [2.75, 3.05) is 26.2 Å². The van der Waals surface area contributed by atoms with Gasteiger partial charge in [0, 0.05) is 32.3 Å². The Balaban J connectivity index is 1.84. The molecule has 76 valence electrons. The summed E-state index contributed by atoms with van der Waals surface area (Å²) in [6, 6.07) is 0.463. The predicted molar refractivity (Wildman–Crippen MR) is 52.3 cm³/mol. The van der Waals surface area contributed by atoms with E-state index in [9.17, 15) is 0 Å². The van der Waals surface area contributed by atoms with Crippen molar-refractivity contribution in [3.63, 3.8) is 0 Å². The van der Waals surface area contributed by atoms with Crippen molar-refractivity contribution in [1.29, 1.82) is 0 Å². The molecule has 2 unspecified atom stereocenters. The van der Waals surface area contributed by atoms with E-state index < -0.39 is 0 Å². The molecule has 2 atom stereocenters. The fraction of sp³-hybridized carbons (Fsp3) is 1.00. The highest BCUT2D eigenvalue weighted by molar-refractivity contribution is 4.95. The fourth-order valence-electron chi connectivity index (χ4n) is 2.84. The first-order chi connectivity index (χ1) is 6.31. The Kier molecular flexibility index (Phi) is 2.86. The van der Waals surface area contributed by atoms with Crippen LogP contribution in [0.5, 0.6) is 0 Å². The van der Waals surface area contributed by atoms with Crippen molar-refractivity contribution in [2.45, 2.75) is 25.3 Å². The normalized spacial score (nSPS) is 39.7. The van der Waals surface area contributed by atoms with Crippen LogP contribution in [0.1, 0.15) is 19.3 Å². The van der Waals surface area contributed by atoms with E-state index in [0.29, 0.717) is 12.6 Å². The molecular formula is C10H20N2O. The number of likely N-dealkylation sites (tertiary alicyclic amines) is 1. The number of aliphatic hydroxyl groups is 1. The molecule has 0 amide bonds. The Morgan fingerprint density at radius 1 is 1.23 bits per heavy atom. The lowest BCUT2D eigenvalue weighted by atomic mass is 9.93. The molecule has 1 aliphatic heterocycles. The van der Waals surface area contributed by atoms with Crippen LogP contribution in [0.2, 0.25) is 0 Å².